The van der Waals surface area contributed by atoms with Crippen molar-refractivity contribution in [2.75, 3.05) is 7.11 Å². The van der Waals surface area contributed by atoms with Crippen LogP contribution in [0, 0.1) is 0 Å². The van der Waals surface area contributed by atoms with Gasteiger partial charge in [0.2, 0.25) is 5.88 Å². The molecule has 0 fully saturated rings. The largest absolute Gasteiger partial charge is 0.494 e. The molecule has 0 radical (unpaired) electrons. The minimum Gasteiger partial charge on any atom is -0.494 e. The fourth-order valence-corrected chi connectivity index (χ4v) is 3.09. The van der Waals surface area contributed by atoms with Crippen LogP contribution in [0.4, 0.5) is 0 Å². The number of benzene rings is 1. The predicted molar refractivity (Wildman–Crippen MR) is 104 cm³/mol. The smallest absolute Gasteiger partial charge is 0.330 e. The number of hydrogen-bond donors (Lipinski definition) is 4. The van der Waals surface area contributed by atoms with Crippen molar-refractivity contribution in [3.05, 3.63) is 62.4 Å². The fraction of sp³-hybridized carbons (Fsp3) is 0.263. The number of aliphatic imine (C=N–C) groups is 1. The number of para-hydroxylation sites is 1. The zero-order chi connectivity index (χ0) is 20.3. The Morgan fingerprint density at radius 1 is 1.25 bits per heavy atom. The van der Waals surface area contributed by atoms with Crippen LogP contribution < -0.4 is 11.2 Å². The maximum Gasteiger partial charge on any atom is 0.330 e. The quantitative estimate of drug-likeness (QED) is 0.374. The molecule has 2 heterocycles. The zero-order valence-electron chi connectivity index (χ0n) is 15.4. The van der Waals surface area contributed by atoms with E-state index in [1.807, 2.05) is 24.3 Å². The lowest BCUT2D eigenvalue weighted by molar-refractivity contribution is -0.142. The van der Waals surface area contributed by atoms with Gasteiger partial charge >= 0.3 is 11.7 Å². The molecule has 1 aromatic carbocycles. The lowest BCUT2D eigenvalue weighted by Crippen LogP contribution is -2.30. The molecular weight excluding hydrogens is 364 g/mol. The molecule has 0 bridgehead atoms. The molecule has 0 aliphatic rings. The number of aromatic amines is 3. The Morgan fingerprint density at radius 2 is 2.00 bits per heavy atom. The highest BCUT2D eigenvalue weighted by Gasteiger charge is 2.23. The SMILES string of the molecule is CCC(=NC(Cc1c[nH]c2ccccc12)C(=O)OC)c1c(O)[nH]c(=O)[nH]c1=O. The van der Waals surface area contributed by atoms with E-state index >= 15 is 0 Å². The van der Waals surface area contributed by atoms with Gasteiger partial charge in [-0.15, -0.1) is 0 Å². The third kappa shape index (κ3) is 3.73. The minimum absolute atomic E-state index is 0.171. The highest BCUT2D eigenvalue weighted by molar-refractivity contribution is 6.03. The van der Waals surface area contributed by atoms with Crippen LogP contribution in [0.5, 0.6) is 5.88 Å². The van der Waals surface area contributed by atoms with Crippen molar-refractivity contribution in [1.82, 2.24) is 15.0 Å². The predicted octanol–water partition coefficient (Wildman–Crippen LogP) is 1.23. The van der Waals surface area contributed by atoms with Gasteiger partial charge in [-0.1, -0.05) is 25.1 Å². The molecule has 0 aliphatic heterocycles. The van der Waals surface area contributed by atoms with E-state index in [0.29, 0.717) is 0 Å². The standard InChI is InChI=1S/C19H20N4O5/c1-3-12(15-16(24)22-19(27)23-17(15)25)21-14(18(26)28-2)8-10-9-20-13-7-5-4-6-11(10)13/h4-7,9,14,20H,3,8H2,1-2H3,(H3,22,23,24,25,27). The summed E-state index contributed by atoms with van der Waals surface area (Å²) >= 11 is 0. The van der Waals surface area contributed by atoms with E-state index in [1.54, 1.807) is 13.1 Å². The molecule has 0 aliphatic carbocycles. The highest BCUT2D eigenvalue weighted by Crippen LogP contribution is 2.21. The summed E-state index contributed by atoms with van der Waals surface area (Å²) in [7, 11) is 1.26. The van der Waals surface area contributed by atoms with Crippen LogP contribution in [0.2, 0.25) is 0 Å². The number of carbonyl (C=O) groups excluding carboxylic acids is 1. The van der Waals surface area contributed by atoms with Crippen LogP contribution in [0.25, 0.3) is 10.9 Å². The molecule has 1 atom stereocenters. The topological polar surface area (TPSA) is 140 Å². The van der Waals surface area contributed by atoms with Crippen molar-refractivity contribution >= 4 is 22.6 Å². The van der Waals surface area contributed by atoms with Crippen molar-refractivity contribution in [1.29, 1.82) is 0 Å². The van der Waals surface area contributed by atoms with Gasteiger partial charge in [0.1, 0.15) is 5.56 Å². The number of nitrogens with zero attached hydrogens (tertiary/aromatic N) is 1. The summed E-state index contributed by atoms with van der Waals surface area (Å²) in [6, 6.07) is 6.72. The second-order valence-electron chi connectivity index (χ2n) is 6.16. The van der Waals surface area contributed by atoms with E-state index < -0.39 is 29.1 Å². The molecule has 3 aromatic rings. The molecule has 4 N–H and O–H groups in total. The van der Waals surface area contributed by atoms with Crippen LogP contribution in [-0.2, 0) is 16.0 Å². The number of esters is 1. The van der Waals surface area contributed by atoms with Gasteiger partial charge in [0.05, 0.1) is 12.8 Å². The van der Waals surface area contributed by atoms with Crippen LogP contribution >= 0.6 is 0 Å². The Kier molecular flexibility index (Phi) is 5.44. The first-order chi connectivity index (χ1) is 13.4. The number of methoxy groups -OCH3 is 1. The van der Waals surface area contributed by atoms with Crippen molar-refractivity contribution in [3.8, 4) is 5.88 Å². The van der Waals surface area contributed by atoms with Crippen LogP contribution in [0.15, 0.2) is 45.0 Å². The molecule has 0 amide bonds. The lowest BCUT2D eigenvalue weighted by atomic mass is 10.0. The Labute approximate surface area is 159 Å². The first-order valence-electron chi connectivity index (χ1n) is 8.70. The third-order valence-electron chi connectivity index (χ3n) is 4.42. The van der Waals surface area contributed by atoms with Gasteiger partial charge in [0.15, 0.2) is 6.04 Å². The van der Waals surface area contributed by atoms with Crippen LogP contribution in [-0.4, -0.2) is 44.9 Å². The summed E-state index contributed by atoms with van der Waals surface area (Å²) in [5.74, 6) is -1.17. The lowest BCUT2D eigenvalue weighted by Gasteiger charge is -2.13. The number of rotatable bonds is 6. The third-order valence-corrected chi connectivity index (χ3v) is 4.42. The maximum atomic E-state index is 12.3. The van der Waals surface area contributed by atoms with Gasteiger partial charge in [-0.2, -0.15) is 0 Å². The summed E-state index contributed by atoms with van der Waals surface area (Å²) in [6.07, 6.45) is 2.29. The number of H-pyrrole nitrogens is 3. The van der Waals surface area contributed by atoms with Gasteiger partial charge in [-0.05, 0) is 18.1 Å². The van der Waals surface area contributed by atoms with E-state index in [9.17, 15) is 19.5 Å². The van der Waals surface area contributed by atoms with E-state index in [1.165, 1.54) is 7.11 Å². The molecule has 9 heteroatoms. The van der Waals surface area contributed by atoms with Crippen molar-refractivity contribution in [3.63, 3.8) is 0 Å². The molecule has 2 aromatic heterocycles. The number of fused-ring (bicyclic) bond motifs is 1. The average molecular weight is 384 g/mol. The van der Waals surface area contributed by atoms with Crippen molar-refractivity contribution in [2.45, 2.75) is 25.8 Å². The highest BCUT2D eigenvalue weighted by atomic mass is 16.5. The maximum absolute atomic E-state index is 12.3. The summed E-state index contributed by atoms with van der Waals surface area (Å²) in [6.45, 7) is 1.73. The average Bonchev–Trinajstić information content (AvgIpc) is 3.08. The number of aromatic hydroxyl groups is 1. The number of nitrogens with one attached hydrogen (secondary N) is 3. The summed E-state index contributed by atoms with van der Waals surface area (Å²) in [5, 5.41) is 11.0. The molecular formula is C19H20N4O5. The van der Waals surface area contributed by atoms with Gasteiger partial charge in [-0.25, -0.2) is 9.59 Å². The van der Waals surface area contributed by atoms with E-state index in [2.05, 4.69) is 19.9 Å². The van der Waals surface area contributed by atoms with Gasteiger partial charge in [0, 0.05) is 23.5 Å². The molecule has 0 saturated carbocycles. The van der Waals surface area contributed by atoms with Crippen LogP contribution in [0.1, 0.15) is 24.5 Å². The molecule has 1 unspecified atom stereocenters. The second kappa shape index (κ2) is 7.95. The molecule has 0 spiro atoms. The normalized spacial score (nSPS) is 12.9. The summed E-state index contributed by atoms with van der Waals surface area (Å²) in [4.78, 5) is 47.5. The van der Waals surface area contributed by atoms with E-state index in [0.717, 1.165) is 16.5 Å². The fourth-order valence-electron chi connectivity index (χ4n) is 3.09. The Morgan fingerprint density at radius 3 is 2.68 bits per heavy atom. The summed E-state index contributed by atoms with van der Waals surface area (Å²) in [5.41, 5.74) is 0.197. The first kappa shape index (κ1) is 19.2. The van der Waals surface area contributed by atoms with E-state index in [-0.39, 0.29) is 24.1 Å². The second-order valence-corrected chi connectivity index (χ2v) is 6.16. The van der Waals surface area contributed by atoms with Crippen molar-refractivity contribution < 1.29 is 14.6 Å². The molecule has 28 heavy (non-hydrogen) atoms. The number of carbonyl (C=O) groups is 1. The number of hydrogen-bond acceptors (Lipinski definition) is 6. The molecule has 9 nitrogen and oxygen atoms in total. The Bertz CT molecular complexity index is 1150. The zero-order valence-corrected chi connectivity index (χ0v) is 15.4. The molecule has 146 valence electrons. The van der Waals surface area contributed by atoms with Gasteiger partial charge in [-0.3, -0.25) is 19.8 Å². The van der Waals surface area contributed by atoms with E-state index in [4.69, 9.17) is 4.74 Å². The monoisotopic (exact) mass is 384 g/mol. The number of ether oxygens (including phenoxy) is 1. The number of aromatic nitrogens is 3. The first-order valence-corrected chi connectivity index (χ1v) is 8.70. The Hall–Kier alpha value is -3.62. The van der Waals surface area contributed by atoms with Crippen LogP contribution in [0.3, 0.4) is 0 Å². The Balaban J connectivity index is 2.05. The van der Waals surface area contributed by atoms with Crippen molar-refractivity contribution in [2.24, 2.45) is 4.99 Å². The molecule has 0 saturated heterocycles. The van der Waals surface area contributed by atoms with Gasteiger partial charge in [0.25, 0.3) is 5.56 Å². The van der Waals surface area contributed by atoms with Gasteiger partial charge < -0.3 is 14.8 Å². The summed E-state index contributed by atoms with van der Waals surface area (Å²) < 4.78 is 4.87. The molecule has 3 rings (SSSR count). The minimum atomic E-state index is -0.926.